The van der Waals surface area contributed by atoms with Gasteiger partial charge in [-0.2, -0.15) is 4.58 Å². The van der Waals surface area contributed by atoms with E-state index in [1.54, 1.807) is 6.92 Å². The molecule has 3 N–H and O–H groups in total. The Morgan fingerprint density at radius 3 is 2.29 bits per heavy atom. The Kier molecular flexibility index (Phi) is 15.0. The molecule has 0 aromatic heterocycles. The number of hydrogen-bond donors (Lipinski definition) is 3. The minimum Gasteiger partial charge on any atom is -0.483 e. The second-order valence-electron chi connectivity index (χ2n) is 14.6. The number of carbonyl (C=O) groups is 2. The number of anilines is 2. The largest absolute Gasteiger partial charge is 0.483 e. The molecule has 2 heterocycles. The van der Waals surface area contributed by atoms with E-state index < -0.39 is 7.52 Å². The first-order valence-electron chi connectivity index (χ1n) is 18.9. The third kappa shape index (κ3) is 10.5. The highest BCUT2D eigenvalue weighted by Crippen LogP contribution is 2.48. The van der Waals surface area contributed by atoms with Crippen molar-refractivity contribution in [2.45, 2.75) is 77.6 Å². The summed E-state index contributed by atoms with van der Waals surface area (Å²) in [5.74, 6) is 0.0746. The number of fused-ring (bicyclic) bond motifs is 2. The second kappa shape index (κ2) is 19.4. The average Bonchev–Trinajstić information content (AvgIpc) is 3.50. The van der Waals surface area contributed by atoms with E-state index in [1.807, 2.05) is 24.3 Å². The van der Waals surface area contributed by atoms with Crippen molar-refractivity contribution in [3.05, 3.63) is 126 Å². The van der Waals surface area contributed by atoms with Crippen molar-refractivity contribution in [3.8, 4) is 12.1 Å². The highest BCUT2D eigenvalue weighted by Gasteiger charge is 2.42. The molecule has 1 atom stereocenters. The van der Waals surface area contributed by atoms with E-state index in [0.717, 1.165) is 31.4 Å². The van der Waals surface area contributed by atoms with Gasteiger partial charge in [-0.25, -0.2) is 0 Å². The molecular weight excluding hydrogens is 707 g/mol. The monoisotopic (exact) mass is 763 g/mol. The molecule has 1 amide bonds. The molecule has 0 radical (unpaired) electrons. The number of rotatable bonds is 16. The fourth-order valence-corrected chi connectivity index (χ4v) is 8.46. The number of benzene rings is 3. The summed E-state index contributed by atoms with van der Waals surface area (Å²) < 4.78 is 20.0. The smallest absolute Gasteiger partial charge is 0.367 e. The number of para-hydroxylation sites is 2. The van der Waals surface area contributed by atoms with E-state index in [4.69, 9.17) is 20.8 Å². The van der Waals surface area contributed by atoms with Gasteiger partial charge in [-0.3, -0.25) is 14.2 Å². The van der Waals surface area contributed by atoms with Crippen LogP contribution in [-0.4, -0.2) is 54.5 Å². The van der Waals surface area contributed by atoms with Crippen LogP contribution < -0.4 is 15.3 Å². The normalized spacial score (nSPS) is 17.0. The Hall–Kier alpha value is -5.16. The fourth-order valence-electron chi connectivity index (χ4n) is 7.41. The summed E-state index contributed by atoms with van der Waals surface area (Å²) >= 11 is 0. The fraction of sp³-hybridized carbons (Fsp3) is 0.356. The first-order valence-corrected chi connectivity index (χ1v) is 20.5. The standard InChI is InChI=1S/C44H53N4O3P.CH2O2/c1-8-51-52(50,9-2)46-35-29-27-34(28-30-35)31-32-45-42(49)26-14-11-19-33-48-39-23-18-16-21-37(39)44(5,6)41(48)25-13-10-12-24-40-43(3,4)36-20-15-17-22-38(36)47(40)7;2-1-3/h2,10,12-13,15-18,20-25,27-30H,8,11,14,19,26,31-33H2,1,3-7H3,(H-,45,46,49,50);1H,(H,2,3)/p+1. The molecule has 0 saturated carbocycles. The molecule has 0 spiro atoms. The number of allylic oxidation sites excluding steroid dienone is 6. The predicted molar refractivity (Wildman–Crippen MR) is 226 cm³/mol. The van der Waals surface area contributed by atoms with Crippen molar-refractivity contribution in [2.75, 3.05) is 36.7 Å². The molecule has 3 aromatic carbocycles. The average molecular weight is 764 g/mol. The number of unbranched alkanes of at least 4 members (excludes halogenated alkanes) is 2. The lowest BCUT2D eigenvalue weighted by Crippen LogP contribution is -2.27. The van der Waals surface area contributed by atoms with Crippen molar-refractivity contribution >= 4 is 42.7 Å². The Morgan fingerprint density at radius 2 is 1.62 bits per heavy atom. The lowest BCUT2D eigenvalue weighted by atomic mass is 9.81. The van der Waals surface area contributed by atoms with Crippen LogP contribution in [0.5, 0.6) is 0 Å². The van der Waals surface area contributed by atoms with Crippen LogP contribution in [0.25, 0.3) is 0 Å². The van der Waals surface area contributed by atoms with Gasteiger partial charge in [0.1, 0.15) is 7.05 Å². The molecule has 10 heteroatoms. The summed E-state index contributed by atoms with van der Waals surface area (Å²) in [6, 6.07) is 24.9. The van der Waals surface area contributed by atoms with Crippen LogP contribution in [0.4, 0.5) is 17.1 Å². The van der Waals surface area contributed by atoms with E-state index in [-0.39, 0.29) is 29.8 Å². The summed E-state index contributed by atoms with van der Waals surface area (Å²) in [6.07, 6.45) is 20.4. The number of carboxylic acid groups (broad SMARTS) is 1. The first kappa shape index (κ1) is 42.6. The summed E-state index contributed by atoms with van der Waals surface area (Å²) in [5, 5.41) is 12.8. The summed E-state index contributed by atoms with van der Waals surface area (Å²) in [7, 11) is -1.18. The molecule has 9 nitrogen and oxygen atoms in total. The van der Waals surface area contributed by atoms with Crippen LogP contribution in [-0.2, 0) is 35.9 Å². The van der Waals surface area contributed by atoms with Crippen LogP contribution >= 0.6 is 7.52 Å². The number of nitrogens with zero attached hydrogens (tertiary/aromatic N) is 2. The van der Waals surface area contributed by atoms with Crippen LogP contribution in [0.3, 0.4) is 0 Å². The zero-order valence-electron chi connectivity index (χ0n) is 33.0. The third-order valence-corrected chi connectivity index (χ3v) is 11.7. The maximum atomic E-state index is 12.6. The van der Waals surface area contributed by atoms with Gasteiger partial charge in [0.15, 0.2) is 5.71 Å². The Balaban J connectivity index is 0.00000217. The summed E-state index contributed by atoms with van der Waals surface area (Å²) in [6.45, 7) is 12.4. The van der Waals surface area contributed by atoms with Gasteiger partial charge in [0, 0.05) is 65.4 Å². The van der Waals surface area contributed by atoms with E-state index >= 15 is 0 Å². The first-order chi connectivity index (χ1) is 26.3. The van der Waals surface area contributed by atoms with Gasteiger partial charge in [-0.1, -0.05) is 87.0 Å². The number of amides is 1. The Labute approximate surface area is 327 Å². The summed E-state index contributed by atoms with van der Waals surface area (Å²) in [4.78, 5) is 23.4. The van der Waals surface area contributed by atoms with Crippen molar-refractivity contribution in [1.29, 1.82) is 0 Å². The molecule has 2 aliphatic heterocycles. The summed E-state index contributed by atoms with van der Waals surface area (Å²) in [5.41, 5.74) is 11.6. The van der Waals surface area contributed by atoms with Crippen molar-refractivity contribution in [1.82, 2.24) is 5.32 Å². The molecule has 0 fully saturated rings. The van der Waals surface area contributed by atoms with E-state index in [1.165, 1.54) is 33.9 Å². The van der Waals surface area contributed by atoms with Gasteiger partial charge >= 0.3 is 7.52 Å². The number of nitrogens with one attached hydrogen (secondary N) is 2. The van der Waals surface area contributed by atoms with Gasteiger partial charge in [-0.15, -0.1) is 6.42 Å². The SMILES string of the molecule is C#CP(=O)(Nc1ccc(CCNC(=O)CCCCCN2/C(=C/C=C/C=C/C3=[N+](C)c4ccccc4C3(C)C)C(C)(C)c3ccccc32)cc1)OCC.O=CO. The molecule has 0 saturated heterocycles. The minimum atomic E-state index is -3.33. The van der Waals surface area contributed by atoms with E-state index in [9.17, 15) is 9.36 Å². The number of carbonyl (C=O) groups excluding carboxylic acids is 1. The van der Waals surface area contributed by atoms with Gasteiger partial charge in [0.25, 0.3) is 6.47 Å². The molecule has 5 rings (SSSR count). The van der Waals surface area contributed by atoms with Gasteiger partial charge < -0.3 is 24.9 Å². The third-order valence-electron chi connectivity index (χ3n) is 10.2. The maximum absolute atomic E-state index is 12.6. The molecular formula is C45H56N4O5P+. The van der Waals surface area contributed by atoms with Gasteiger partial charge in [0.05, 0.1) is 12.0 Å². The lowest BCUT2D eigenvalue weighted by molar-refractivity contribution is -0.401. The number of terminal acetylenes is 1. The van der Waals surface area contributed by atoms with Crippen molar-refractivity contribution in [3.63, 3.8) is 0 Å². The molecule has 0 bridgehead atoms. The lowest BCUT2D eigenvalue weighted by Gasteiger charge is -2.27. The van der Waals surface area contributed by atoms with E-state index in [0.29, 0.717) is 25.1 Å². The van der Waals surface area contributed by atoms with Crippen LogP contribution in [0.15, 0.2) is 109 Å². The van der Waals surface area contributed by atoms with Crippen LogP contribution in [0, 0.1) is 12.1 Å². The Morgan fingerprint density at radius 1 is 0.945 bits per heavy atom. The highest BCUT2D eigenvalue weighted by atomic mass is 31.2. The van der Waals surface area contributed by atoms with Crippen LogP contribution in [0.2, 0.25) is 0 Å². The zero-order chi connectivity index (χ0) is 40.1. The second-order valence-corrected chi connectivity index (χ2v) is 16.4. The van der Waals surface area contributed by atoms with Gasteiger partial charge in [-0.05, 0) is 75.4 Å². The molecule has 3 aromatic rings. The number of hydrogen-bond acceptors (Lipinski definition) is 5. The molecule has 2 aliphatic rings. The molecule has 1 unspecified atom stereocenters. The van der Waals surface area contributed by atoms with Crippen LogP contribution in [0.1, 0.15) is 77.0 Å². The topological polar surface area (TPSA) is 111 Å². The molecule has 55 heavy (non-hydrogen) atoms. The predicted octanol–water partition coefficient (Wildman–Crippen LogP) is 9.34. The van der Waals surface area contributed by atoms with E-state index in [2.05, 4.69) is 139 Å². The highest BCUT2D eigenvalue weighted by molar-refractivity contribution is 7.65. The maximum Gasteiger partial charge on any atom is 0.367 e. The molecule has 290 valence electrons. The zero-order valence-corrected chi connectivity index (χ0v) is 33.9. The van der Waals surface area contributed by atoms with Crippen molar-refractivity contribution in [2.24, 2.45) is 0 Å². The quantitative estimate of drug-likeness (QED) is 0.0333. The Bertz CT molecular complexity index is 2020. The van der Waals surface area contributed by atoms with Crippen molar-refractivity contribution < 1.29 is 28.4 Å². The molecule has 0 aliphatic carbocycles. The van der Waals surface area contributed by atoms with Gasteiger partial charge in [0.2, 0.25) is 11.6 Å². The minimum absolute atomic E-state index is 0.0461.